The number of nitrogens with two attached hydrogens (primary N) is 1. The number of nitrogen functional groups attached to an aromatic ring is 1. The van der Waals surface area contributed by atoms with Crippen molar-refractivity contribution in [2.75, 3.05) is 12.8 Å². The van der Waals surface area contributed by atoms with E-state index < -0.39 is 5.82 Å². The molecule has 1 heterocycles. The summed E-state index contributed by atoms with van der Waals surface area (Å²) < 4.78 is 14.5. The molecule has 0 saturated heterocycles. The lowest BCUT2D eigenvalue weighted by molar-refractivity contribution is -0.894. The van der Waals surface area contributed by atoms with Crippen LogP contribution in [0.25, 0.3) is 0 Å². The topological polar surface area (TPSA) is 39.1 Å². The number of halogens is 2. The monoisotopic (exact) mass is 221 g/mol. The normalized spacial score (nSPS) is 9.73. The average molecular weight is 222 g/mol. The number of rotatable bonds is 1. The Bertz CT molecular complexity index is 280. The fourth-order valence-electron chi connectivity index (χ4n) is 0.640. The van der Waals surface area contributed by atoms with Crippen LogP contribution in [0.3, 0.4) is 0 Å². The molecule has 0 aliphatic carbocycles. The van der Waals surface area contributed by atoms with Crippen LogP contribution in [-0.2, 0) is 0 Å². The standard InChI is InChI=1S/C6H6BrFN2O/c1-11-10-3-4(8)5(9)2-6(10)7/h2-3,9H,1H3/p+1. The van der Waals surface area contributed by atoms with Crippen LogP contribution in [0.5, 0.6) is 0 Å². The molecule has 0 aliphatic heterocycles. The molecule has 60 valence electrons. The maximum Gasteiger partial charge on any atom is 0.301 e. The predicted molar refractivity (Wildman–Crippen MR) is 41.2 cm³/mol. The molecule has 0 radical (unpaired) electrons. The molecule has 5 heteroatoms. The second kappa shape index (κ2) is 3.04. The van der Waals surface area contributed by atoms with Crippen LogP contribution in [0.1, 0.15) is 0 Å². The molecule has 0 unspecified atom stereocenters. The van der Waals surface area contributed by atoms with Crippen LogP contribution < -0.4 is 15.3 Å². The van der Waals surface area contributed by atoms with E-state index in [1.54, 1.807) is 0 Å². The van der Waals surface area contributed by atoms with Crippen LogP contribution in [0.4, 0.5) is 10.1 Å². The molecule has 0 saturated carbocycles. The van der Waals surface area contributed by atoms with Gasteiger partial charge in [-0.25, -0.2) is 0 Å². The zero-order valence-corrected chi connectivity index (χ0v) is 7.43. The maximum absolute atomic E-state index is 12.7. The SMILES string of the molecule is CO[n+]1cc(F)c(N)cc1Br. The Morgan fingerprint density at radius 2 is 2.36 bits per heavy atom. The Labute approximate surface area is 71.7 Å². The molecule has 0 amide bonds. The highest BCUT2D eigenvalue weighted by molar-refractivity contribution is 9.10. The Morgan fingerprint density at radius 3 is 2.91 bits per heavy atom. The molecular formula is C6H7BrFN2O+. The van der Waals surface area contributed by atoms with Crippen molar-refractivity contribution in [2.45, 2.75) is 0 Å². The van der Waals surface area contributed by atoms with Crippen molar-refractivity contribution in [1.29, 1.82) is 0 Å². The number of anilines is 1. The molecule has 11 heavy (non-hydrogen) atoms. The first-order valence-corrected chi connectivity index (χ1v) is 3.65. The molecule has 0 aromatic carbocycles. The third kappa shape index (κ3) is 1.59. The van der Waals surface area contributed by atoms with Crippen molar-refractivity contribution in [2.24, 2.45) is 0 Å². The van der Waals surface area contributed by atoms with E-state index in [0.29, 0.717) is 4.60 Å². The van der Waals surface area contributed by atoms with Gasteiger partial charge in [0.1, 0.15) is 7.11 Å². The lowest BCUT2D eigenvalue weighted by Gasteiger charge is -1.95. The highest BCUT2D eigenvalue weighted by Gasteiger charge is 2.13. The van der Waals surface area contributed by atoms with Crippen molar-refractivity contribution in [3.8, 4) is 0 Å². The lowest BCUT2D eigenvalue weighted by Crippen LogP contribution is -2.42. The molecule has 3 nitrogen and oxygen atoms in total. The third-order valence-electron chi connectivity index (χ3n) is 1.19. The lowest BCUT2D eigenvalue weighted by atomic mass is 10.4. The summed E-state index contributed by atoms with van der Waals surface area (Å²) in [6, 6.07) is 1.43. The second-order valence-electron chi connectivity index (χ2n) is 1.91. The molecule has 1 aromatic heterocycles. The Balaban J connectivity index is 3.21. The van der Waals surface area contributed by atoms with Gasteiger partial charge in [-0.3, -0.25) is 4.84 Å². The van der Waals surface area contributed by atoms with Crippen molar-refractivity contribution >= 4 is 21.6 Å². The van der Waals surface area contributed by atoms with E-state index in [-0.39, 0.29) is 5.69 Å². The van der Waals surface area contributed by atoms with Crippen molar-refractivity contribution in [3.05, 3.63) is 22.7 Å². The number of hydrogen-bond donors (Lipinski definition) is 1. The van der Waals surface area contributed by atoms with E-state index in [2.05, 4.69) is 15.9 Å². The Hall–Kier alpha value is -0.840. The predicted octanol–water partition coefficient (Wildman–Crippen LogP) is 0.516. The van der Waals surface area contributed by atoms with Crippen LogP contribution in [0.2, 0.25) is 0 Å². The van der Waals surface area contributed by atoms with Gasteiger partial charge in [0, 0.05) is 26.7 Å². The first-order chi connectivity index (χ1) is 5.15. The highest BCUT2D eigenvalue weighted by atomic mass is 79.9. The van der Waals surface area contributed by atoms with Gasteiger partial charge in [0.2, 0.25) is 5.82 Å². The molecule has 1 aromatic rings. The fraction of sp³-hybridized carbons (Fsp3) is 0.167. The van der Waals surface area contributed by atoms with Gasteiger partial charge in [-0.1, -0.05) is 0 Å². The minimum atomic E-state index is -0.505. The highest BCUT2D eigenvalue weighted by Crippen LogP contribution is 2.11. The van der Waals surface area contributed by atoms with Crippen LogP contribution in [-0.4, -0.2) is 7.11 Å². The summed E-state index contributed by atoms with van der Waals surface area (Å²) in [6.45, 7) is 0. The van der Waals surface area contributed by atoms with Gasteiger partial charge in [-0.15, -0.1) is 0 Å². The summed E-state index contributed by atoms with van der Waals surface area (Å²) in [6.07, 6.45) is 1.15. The largest absolute Gasteiger partial charge is 0.396 e. The second-order valence-corrected chi connectivity index (χ2v) is 2.72. The first kappa shape index (κ1) is 8.26. The van der Waals surface area contributed by atoms with Gasteiger partial charge in [0.25, 0.3) is 6.20 Å². The molecule has 0 spiro atoms. The van der Waals surface area contributed by atoms with Crippen LogP contribution in [0, 0.1) is 5.82 Å². The van der Waals surface area contributed by atoms with E-state index >= 15 is 0 Å². The molecule has 0 aliphatic rings. The van der Waals surface area contributed by atoms with Gasteiger partial charge < -0.3 is 5.73 Å². The van der Waals surface area contributed by atoms with Gasteiger partial charge in [-0.2, -0.15) is 4.39 Å². The van der Waals surface area contributed by atoms with E-state index in [1.165, 1.54) is 17.9 Å². The molecule has 0 fully saturated rings. The Morgan fingerprint density at radius 1 is 1.73 bits per heavy atom. The Kier molecular flexibility index (Phi) is 2.28. The summed E-state index contributed by atoms with van der Waals surface area (Å²) >= 11 is 3.13. The van der Waals surface area contributed by atoms with Crippen molar-refractivity contribution in [1.82, 2.24) is 0 Å². The zero-order valence-electron chi connectivity index (χ0n) is 5.84. The first-order valence-electron chi connectivity index (χ1n) is 2.86. The van der Waals surface area contributed by atoms with Gasteiger partial charge >= 0.3 is 4.60 Å². The summed E-state index contributed by atoms with van der Waals surface area (Å²) in [5.41, 5.74) is 5.36. The van der Waals surface area contributed by atoms with E-state index in [9.17, 15) is 4.39 Å². The number of pyridine rings is 1. The minimum absolute atomic E-state index is 0.0881. The zero-order chi connectivity index (χ0) is 8.43. The number of hydrogen-bond acceptors (Lipinski definition) is 2. The summed E-state index contributed by atoms with van der Waals surface area (Å²) in [7, 11) is 1.43. The molecular weight excluding hydrogens is 215 g/mol. The summed E-state index contributed by atoms with van der Waals surface area (Å²) in [4.78, 5) is 4.76. The molecule has 1 rings (SSSR count). The van der Waals surface area contributed by atoms with E-state index in [0.717, 1.165) is 6.20 Å². The molecule has 0 atom stereocenters. The summed E-state index contributed by atoms with van der Waals surface area (Å²) in [5.74, 6) is -0.505. The number of aromatic nitrogens is 1. The summed E-state index contributed by atoms with van der Waals surface area (Å²) in [5, 5.41) is 0. The quantitative estimate of drug-likeness (QED) is 0.555. The fourth-order valence-corrected chi connectivity index (χ4v) is 1.13. The van der Waals surface area contributed by atoms with E-state index in [4.69, 9.17) is 10.6 Å². The minimum Gasteiger partial charge on any atom is -0.396 e. The third-order valence-corrected chi connectivity index (χ3v) is 1.77. The average Bonchev–Trinajstić information content (AvgIpc) is 1.97. The van der Waals surface area contributed by atoms with Gasteiger partial charge in [0.15, 0.2) is 0 Å². The van der Waals surface area contributed by atoms with Crippen LogP contribution in [0.15, 0.2) is 16.9 Å². The molecule has 2 N–H and O–H groups in total. The smallest absolute Gasteiger partial charge is 0.301 e. The van der Waals surface area contributed by atoms with Crippen LogP contribution >= 0.6 is 15.9 Å². The number of nitrogens with zero attached hydrogens (tertiary/aromatic N) is 1. The molecule has 0 bridgehead atoms. The van der Waals surface area contributed by atoms with Crippen molar-refractivity contribution < 1.29 is 14.0 Å². The van der Waals surface area contributed by atoms with Crippen molar-refractivity contribution in [3.63, 3.8) is 0 Å². The van der Waals surface area contributed by atoms with Gasteiger partial charge in [0.05, 0.1) is 5.69 Å². The van der Waals surface area contributed by atoms with E-state index in [1.807, 2.05) is 0 Å². The maximum atomic E-state index is 12.7. The van der Waals surface area contributed by atoms with Gasteiger partial charge in [-0.05, 0) is 0 Å².